The molecule has 2 nitrogen and oxygen atoms in total. The Kier molecular flexibility index (Phi) is 6.81. The molecular weight excluding hydrogens is 176 g/mol. The summed E-state index contributed by atoms with van der Waals surface area (Å²) in [5.41, 5.74) is 1.50. The molecule has 0 aliphatic heterocycles. The van der Waals surface area contributed by atoms with Crippen molar-refractivity contribution in [2.75, 3.05) is 0 Å². The molecule has 0 rings (SSSR count). The summed E-state index contributed by atoms with van der Waals surface area (Å²) < 4.78 is 0. The maximum absolute atomic E-state index is 10.8. The summed E-state index contributed by atoms with van der Waals surface area (Å²) in [5.74, 6) is -0.807. The zero-order valence-corrected chi connectivity index (χ0v) is 9.18. The SMILES string of the molecule is C=CC/C(CCCCC)=C(\C)C(=O)O. The first-order chi connectivity index (χ1) is 6.63. The minimum Gasteiger partial charge on any atom is -0.478 e. The molecule has 0 unspecified atom stereocenters. The summed E-state index contributed by atoms with van der Waals surface area (Å²) in [7, 11) is 0. The second kappa shape index (κ2) is 7.36. The Morgan fingerprint density at radius 2 is 2.07 bits per heavy atom. The number of rotatable bonds is 7. The maximum atomic E-state index is 10.8. The number of aliphatic carboxylic acids is 1. The second-order valence-corrected chi connectivity index (χ2v) is 3.48. The van der Waals surface area contributed by atoms with Crippen molar-refractivity contribution in [2.45, 2.75) is 46.0 Å². The molecule has 0 spiro atoms. The van der Waals surface area contributed by atoms with Gasteiger partial charge in [-0.2, -0.15) is 0 Å². The van der Waals surface area contributed by atoms with E-state index in [0.717, 1.165) is 31.3 Å². The van der Waals surface area contributed by atoms with Crippen molar-refractivity contribution < 1.29 is 9.90 Å². The minimum atomic E-state index is -0.807. The topological polar surface area (TPSA) is 37.3 Å². The molecule has 0 aromatic rings. The molecule has 0 saturated heterocycles. The Balaban J connectivity index is 4.34. The molecule has 80 valence electrons. The Morgan fingerprint density at radius 3 is 2.50 bits per heavy atom. The largest absolute Gasteiger partial charge is 0.478 e. The number of hydrogen-bond acceptors (Lipinski definition) is 1. The molecule has 1 N–H and O–H groups in total. The quantitative estimate of drug-likeness (QED) is 0.384. The standard InChI is InChI=1S/C12H20O2/c1-4-6-7-9-11(8-5-2)10(3)12(13)14/h5H,2,4,6-9H2,1,3H3,(H,13,14)/b11-10-. The van der Waals surface area contributed by atoms with Crippen molar-refractivity contribution in [2.24, 2.45) is 0 Å². The van der Waals surface area contributed by atoms with Crippen LogP contribution in [0.4, 0.5) is 0 Å². The number of carbonyl (C=O) groups is 1. The van der Waals surface area contributed by atoms with E-state index in [2.05, 4.69) is 13.5 Å². The molecule has 0 bridgehead atoms. The molecule has 0 aromatic carbocycles. The highest BCUT2D eigenvalue weighted by Crippen LogP contribution is 2.17. The van der Waals surface area contributed by atoms with E-state index < -0.39 is 5.97 Å². The normalized spacial score (nSPS) is 12.1. The molecule has 0 heterocycles. The van der Waals surface area contributed by atoms with Crippen LogP contribution in [-0.4, -0.2) is 11.1 Å². The summed E-state index contributed by atoms with van der Waals surface area (Å²) in [6, 6.07) is 0. The molecule has 0 fully saturated rings. The average Bonchev–Trinajstić information content (AvgIpc) is 2.15. The van der Waals surface area contributed by atoms with Crippen LogP contribution in [0.2, 0.25) is 0 Å². The van der Waals surface area contributed by atoms with Crippen LogP contribution in [0.5, 0.6) is 0 Å². The van der Waals surface area contributed by atoms with E-state index in [9.17, 15) is 4.79 Å². The Morgan fingerprint density at radius 1 is 1.43 bits per heavy atom. The molecule has 0 aliphatic carbocycles. The van der Waals surface area contributed by atoms with Gasteiger partial charge in [0, 0.05) is 5.57 Å². The molecular formula is C12H20O2. The first-order valence-corrected chi connectivity index (χ1v) is 5.16. The average molecular weight is 196 g/mol. The summed E-state index contributed by atoms with van der Waals surface area (Å²) >= 11 is 0. The predicted octanol–water partition coefficient (Wildman–Crippen LogP) is 3.54. The predicted molar refractivity (Wildman–Crippen MR) is 59.3 cm³/mol. The molecule has 0 atom stereocenters. The van der Waals surface area contributed by atoms with Gasteiger partial charge in [0.15, 0.2) is 0 Å². The lowest BCUT2D eigenvalue weighted by molar-refractivity contribution is -0.132. The van der Waals surface area contributed by atoms with Crippen LogP contribution in [0.15, 0.2) is 23.8 Å². The Bertz CT molecular complexity index is 226. The van der Waals surface area contributed by atoms with E-state index in [1.807, 2.05) is 0 Å². The first-order valence-electron chi connectivity index (χ1n) is 5.16. The lowest BCUT2D eigenvalue weighted by Gasteiger charge is -2.07. The molecule has 0 aromatic heterocycles. The van der Waals surface area contributed by atoms with E-state index >= 15 is 0 Å². The zero-order valence-electron chi connectivity index (χ0n) is 9.18. The van der Waals surface area contributed by atoms with Crippen molar-refractivity contribution in [3.8, 4) is 0 Å². The lowest BCUT2D eigenvalue weighted by atomic mass is 9.99. The van der Waals surface area contributed by atoms with E-state index in [0.29, 0.717) is 12.0 Å². The fraction of sp³-hybridized carbons (Fsp3) is 0.583. The van der Waals surface area contributed by atoms with Gasteiger partial charge in [0.05, 0.1) is 0 Å². The van der Waals surface area contributed by atoms with Crippen molar-refractivity contribution in [1.29, 1.82) is 0 Å². The molecule has 0 amide bonds. The van der Waals surface area contributed by atoms with Crippen LogP contribution in [0.25, 0.3) is 0 Å². The number of carboxylic acids is 1. The van der Waals surface area contributed by atoms with Crippen LogP contribution in [0.3, 0.4) is 0 Å². The van der Waals surface area contributed by atoms with Gasteiger partial charge in [-0.25, -0.2) is 4.79 Å². The maximum Gasteiger partial charge on any atom is 0.331 e. The Labute approximate surface area is 86.3 Å². The van der Waals surface area contributed by atoms with Gasteiger partial charge in [0.25, 0.3) is 0 Å². The molecule has 0 saturated carbocycles. The summed E-state index contributed by atoms with van der Waals surface area (Å²) in [6.07, 6.45) is 6.75. The van der Waals surface area contributed by atoms with Crippen molar-refractivity contribution in [3.63, 3.8) is 0 Å². The van der Waals surface area contributed by atoms with Crippen molar-refractivity contribution >= 4 is 5.97 Å². The number of hydrogen-bond donors (Lipinski definition) is 1. The van der Waals surface area contributed by atoms with Gasteiger partial charge < -0.3 is 5.11 Å². The van der Waals surface area contributed by atoms with E-state index in [1.54, 1.807) is 13.0 Å². The molecule has 2 heteroatoms. The highest BCUT2D eigenvalue weighted by Gasteiger charge is 2.07. The van der Waals surface area contributed by atoms with Crippen molar-refractivity contribution in [3.05, 3.63) is 23.8 Å². The van der Waals surface area contributed by atoms with Gasteiger partial charge in [-0.15, -0.1) is 6.58 Å². The minimum absolute atomic E-state index is 0.487. The molecule has 0 aliphatic rings. The Hall–Kier alpha value is -1.05. The van der Waals surface area contributed by atoms with Crippen LogP contribution < -0.4 is 0 Å². The van der Waals surface area contributed by atoms with Gasteiger partial charge in [-0.1, -0.05) is 31.4 Å². The van der Waals surface area contributed by atoms with Gasteiger partial charge in [0.1, 0.15) is 0 Å². The first kappa shape index (κ1) is 12.9. The van der Waals surface area contributed by atoms with Crippen LogP contribution in [0, 0.1) is 0 Å². The lowest BCUT2D eigenvalue weighted by Crippen LogP contribution is -2.01. The summed E-state index contributed by atoms with van der Waals surface area (Å²) in [5, 5.41) is 8.84. The third-order valence-electron chi connectivity index (χ3n) is 2.32. The number of unbranched alkanes of at least 4 members (excludes halogenated alkanes) is 2. The van der Waals surface area contributed by atoms with Crippen LogP contribution >= 0.6 is 0 Å². The van der Waals surface area contributed by atoms with E-state index in [1.165, 1.54) is 0 Å². The fourth-order valence-corrected chi connectivity index (χ4v) is 1.36. The van der Waals surface area contributed by atoms with Gasteiger partial charge in [0.2, 0.25) is 0 Å². The highest BCUT2D eigenvalue weighted by atomic mass is 16.4. The third kappa shape index (κ3) is 4.85. The zero-order chi connectivity index (χ0) is 11.0. The second-order valence-electron chi connectivity index (χ2n) is 3.48. The van der Waals surface area contributed by atoms with Gasteiger partial charge in [-0.3, -0.25) is 0 Å². The van der Waals surface area contributed by atoms with Gasteiger partial charge in [-0.05, 0) is 26.2 Å². The molecule has 14 heavy (non-hydrogen) atoms. The van der Waals surface area contributed by atoms with Crippen molar-refractivity contribution in [1.82, 2.24) is 0 Å². The smallest absolute Gasteiger partial charge is 0.331 e. The van der Waals surface area contributed by atoms with Crippen LogP contribution in [-0.2, 0) is 4.79 Å². The van der Waals surface area contributed by atoms with Gasteiger partial charge >= 0.3 is 5.97 Å². The summed E-state index contributed by atoms with van der Waals surface area (Å²) in [6.45, 7) is 7.46. The van der Waals surface area contributed by atoms with E-state index in [4.69, 9.17) is 5.11 Å². The highest BCUT2D eigenvalue weighted by molar-refractivity contribution is 5.86. The monoisotopic (exact) mass is 196 g/mol. The summed E-state index contributed by atoms with van der Waals surface area (Å²) in [4.78, 5) is 10.8. The molecule has 0 radical (unpaired) electrons. The number of carboxylic acid groups (broad SMARTS) is 1. The third-order valence-corrected chi connectivity index (χ3v) is 2.32. The fourth-order valence-electron chi connectivity index (χ4n) is 1.36. The van der Waals surface area contributed by atoms with Crippen LogP contribution in [0.1, 0.15) is 46.0 Å². The van der Waals surface area contributed by atoms with E-state index in [-0.39, 0.29) is 0 Å². The number of allylic oxidation sites excluding steroid dienone is 2.